The summed E-state index contributed by atoms with van der Waals surface area (Å²) >= 11 is 0. The van der Waals surface area contributed by atoms with Crippen LogP contribution in [0.5, 0.6) is 0 Å². The van der Waals surface area contributed by atoms with Crippen LogP contribution in [0.4, 0.5) is 54.3 Å². The minimum atomic E-state index is -0.874. The van der Waals surface area contributed by atoms with Gasteiger partial charge in [0.2, 0.25) is 0 Å². The molecule has 6 nitrogen and oxygen atoms in total. The number of nitriles is 2. The number of anilines is 6. The first-order valence-electron chi connectivity index (χ1n) is 28.6. The maximum Gasteiger partial charge on any atom is 0.187 e. The standard InChI is InChI=1S/C68H38F2N6/c1-73-51-29-21-46(22-30-51)56-36-40-62(68(70)66(56)50-23-31-52(74-2)32-24-50)76(54-11-7-4-8-12-54)60-38-28-48-25-33-57-59(37-27-47-26-34-58(60)64(48)63(47)57)75(53-9-5-3-6-10-53)61-39-35-55(45-17-13-43(41-71)14-18-45)65(67(61)69)49-19-15-44(42-72)16-20-49/h3-40H/i3D,4D,5D,6D,7D,8D,9D,10D,11D,12D. The van der Waals surface area contributed by atoms with Crippen molar-refractivity contribution >= 4 is 77.8 Å². The number of rotatable bonds is 10. The third kappa shape index (κ3) is 7.94. The molecule has 0 spiro atoms. The number of nitrogens with zero attached hydrogens (tertiary/aromatic N) is 6. The Kier molecular flexibility index (Phi) is 9.15. The highest BCUT2D eigenvalue weighted by Crippen LogP contribution is 2.51. The van der Waals surface area contributed by atoms with Gasteiger partial charge in [-0.25, -0.2) is 18.5 Å². The van der Waals surface area contributed by atoms with Gasteiger partial charge in [0.05, 0.1) is 72.9 Å². The third-order valence-electron chi connectivity index (χ3n) is 13.5. The highest BCUT2D eigenvalue weighted by molar-refractivity contribution is 6.28. The van der Waals surface area contributed by atoms with E-state index < -0.39 is 77.7 Å². The lowest BCUT2D eigenvalue weighted by atomic mass is 9.90. The molecule has 0 saturated carbocycles. The lowest BCUT2D eigenvalue weighted by Crippen LogP contribution is -2.14. The fourth-order valence-electron chi connectivity index (χ4n) is 9.99. The van der Waals surface area contributed by atoms with E-state index >= 15 is 8.78 Å². The zero-order valence-corrected chi connectivity index (χ0v) is 39.6. The van der Waals surface area contributed by atoms with Gasteiger partial charge >= 0.3 is 0 Å². The summed E-state index contributed by atoms with van der Waals surface area (Å²) in [4.78, 5) is 9.61. The van der Waals surface area contributed by atoms with Crippen molar-refractivity contribution < 1.29 is 22.5 Å². The molecule has 0 bridgehead atoms. The van der Waals surface area contributed by atoms with Crippen molar-refractivity contribution in [1.82, 2.24) is 0 Å². The molecule has 0 saturated heterocycles. The Bertz CT molecular complexity index is 4640. The molecular weight excluding hydrogens is 939 g/mol. The number of halogens is 2. The Balaban J connectivity index is 1.16. The minimum absolute atomic E-state index is 0.0333. The highest BCUT2D eigenvalue weighted by atomic mass is 19.1. The average molecular weight is 987 g/mol. The summed E-state index contributed by atoms with van der Waals surface area (Å²) in [5, 5.41) is 22.4. The molecule has 0 aliphatic rings. The lowest BCUT2D eigenvalue weighted by Gasteiger charge is -2.30. The minimum Gasteiger partial charge on any atom is -0.307 e. The highest BCUT2D eigenvalue weighted by Gasteiger charge is 2.28. The molecule has 76 heavy (non-hydrogen) atoms. The second-order valence-electron chi connectivity index (χ2n) is 17.5. The predicted octanol–water partition coefficient (Wildman–Crippen LogP) is 19.3. The van der Waals surface area contributed by atoms with Crippen LogP contribution in [0, 0.1) is 47.4 Å². The molecule has 0 unspecified atom stereocenters. The molecule has 0 aliphatic carbocycles. The van der Waals surface area contributed by atoms with E-state index in [2.05, 4.69) is 21.8 Å². The zero-order chi connectivity index (χ0) is 60.6. The number of para-hydroxylation sites is 2. The molecule has 354 valence electrons. The van der Waals surface area contributed by atoms with Gasteiger partial charge < -0.3 is 9.80 Å². The summed E-state index contributed by atoms with van der Waals surface area (Å²) in [5.74, 6) is -1.74. The van der Waals surface area contributed by atoms with Gasteiger partial charge in [-0.3, -0.25) is 0 Å². The summed E-state index contributed by atoms with van der Waals surface area (Å²) in [5.41, 5.74) is 2.95. The first kappa shape index (κ1) is 36.1. The van der Waals surface area contributed by atoms with E-state index in [1.807, 2.05) is 0 Å². The first-order chi connectivity index (χ1) is 41.5. The maximum absolute atomic E-state index is 18.6. The van der Waals surface area contributed by atoms with Crippen LogP contribution in [0.25, 0.3) is 86.5 Å². The summed E-state index contributed by atoms with van der Waals surface area (Å²) < 4.78 is 128. The lowest BCUT2D eigenvalue weighted by molar-refractivity contribution is 0.632. The second-order valence-corrected chi connectivity index (χ2v) is 17.5. The Morgan fingerprint density at radius 2 is 0.737 bits per heavy atom. The molecule has 12 aromatic carbocycles. The maximum atomic E-state index is 18.6. The molecule has 12 rings (SSSR count). The third-order valence-corrected chi connectivity index (χ3v) is 13.5. The van der Waals surface area contributed by atoms with E-state index in [0.29, 0.717) is 82.5 Å². The monoisotopic (exact) mass is 986 g/mol. The Hall–Kier alpha value is -10.9. The van der Waals surface area contributed by atoms with Crippen LogP contribution in [0.15, 0.2) is 230 Å². The fourth-order valence-corrected chi connectivity index (χ4v) is 9.99. The van der Waals surface area contributed by atoms with Gasteiger partial charge in [-0.05, 0) is 128 Å². The molecule has 12 aromatic rings. The van der Waals surface area contributed by atoms with E-state index in [0.717, 1.165) is 0 Å². The van der Waals surface area contributed by atoms with Crippen molar-refractivity contribution in [2.45, 2.75) is 0 Å². The van der Waals surface area contributed by atoms with Crippen LogP contribution in [-0.4, -0.2) is 0 Å². The van der Waals surface area contributed by atoms with Crippen LogP contribution >= 0.6 is 0 Å². The molecule has 0 amide bonds. The summed E-state index contributed by atoms with van der Waals surface area (Å²) in [6.07, 6.45) is 0. The van der Waals surface area contributed by atoms with Crippen molar-refractivity contribution in [3.05, 3.63) is 276 Å². The smallest absolute Gasteiger partial charge is 0.187 e. The van der Waals surface area contributed by atoms with Gasteiger partial charge in [-0.1, -0.05) is 158 Å². The summed E-state index contributed by atoms with van der Waals surface area (Å²) in [6.45, 7) is 15.2. The topological polar surface area (TPSA) is 62.8 Å². The van der Waals surface area contributed by atoms with Crippen molar-refractivity contribution in [2.75, 3.05) is 9.80 Å². The molecule has 0 atom stereocenters. The van der Waals surface area contributed by atoms with Gasteiger partial charge in [0, 0.05) is 33.3 Å². The number of hydrogen-bond donors (Lipinski definition) is 0. The second kappa shape index (κ2) is 19.3. The first-order valence-corrected chi connectivity index (χ1v) is 23.6. The molecule has 0 radical (unpaired) electrons. The van der Waals surface area contributed by atoms with Crippen LogP contribution in [0.3, 0.4) is 0 Å². The van der Waals surface area contributed by atoms with Crippen LogP contribution in [0.1, 0.15) is 24.8 Å². The van der Waals surface area contributed by atoms with Crippen molar-refractivity contribution in [1.29, 1.82) is 10.5 Å². The zero-order valence-electron chi connectivity index (χ0n) is 49.6. The SMILES string of the molecule is [2H]c1c([2H])c([2H])c(N(c2ccc(-c3ccc(C#N)cc3)c(-c3ccc(C#N)cc3)c2F)c2ccc3ccc4c(N(c5ccc(-c6ccc([N+]#[C-])cc6)c(-c6ccc([N+]#[C-])cc6)c5F)c5c([2H])c([2H])c([2H])c([2H])c5[2H])ccc5ccc2c3c54)c([2H])c1[2H]. The molecule has 8 heteroatoms. The Morgan fingerprint density at radius 1 is 0.395 bits per heavy atom. The summed E-state index contributed by atoms with van der Waals surface area (Å²) in [7, 11) is 0. The van der Waals surface area contributed by atoms with Crippen LogP contribution in [-0.2, 0) is 0 Å². The van der Waals surface area contributed by atoms with Crippen molar-refractivity contribution in [3.8, 4) is 56.6 Å². The van der Waals surface area contributed by atoms with E-state index in [4.69, 9.17) is 21.4 Å². The average Bonchev–Trinajstić information content (AvgIpc) is 0.826. The number of benzene rings is 12. The largest absolute Gasteiger partial charge is 0.307 e. The Labute approximate surface area is 451 Å². The Morgan fingerprint density at radius 3 is 1.12 bits per heavy atom. The quantitative estimate of drug-likeness (QED) is 0.101. The van der Waals surface area contributed by atoms with Gasteiger partial charge in [0.25, 0.3) is 0 Å². The van der Waals surface area contributed by atoms with Gasteiger partial charge in [0.1, 0.15) is 0 Å². The van der Waals surface area contributed by atoms with E-state index in [1.165, 1.54) is 46.2 Å². The molecule has 0 N–H and O–H groups in total. The molecule has 0 aliphatic heterocycles. The van der Waals surface area contributed by atoms with Gasteiger partial charge in [0.15, 0.2) is 23.0 Å². The van der Waals surface area contributed by atoms with E-state index in [1.54, 1.807) is 133 Å². The molecule has 0 aromatic heterocycles. The van der Waals surface area contributed by atoms with Crippen molar-refractivity contribution in [3.63, 3.8) is 0 Å². The van der Waals surface area contributed by atoms with Gasteiger partial charge in [-0.2, -0.15) is 10.5 Å². The van der Waals surface area contributed by atoms with Crippen LogP contribution in [0.2, 0.25) is 0 Å². The van der Waals surface area contributed by atoms with Crippen molar-refractivity contribution in [2.24, 2.45) is 0 Å². The normalized spacial score (nSPS) is 12.8. The predicted molar refractivity (Wildman–Crippen MR) is 303 cm³/mol. The van der Waals surface area contributed by atoms with Crippen LogP contribution < -0.4 is 9.80 Å². The van der Waals surface area contributed by atoms with E-state index in [-0.39, 0.29) is 45.3 Å². The van der Waals surface area contributed by atoms with E-state index in [9.17, 15) is 16.0 Å². The number of hydrogen-bond acceptors (Lipinski definition) is 4. The van der Waals surface area contributed by atoms with Gasteiger partial charge in [-0.15, -0.1) is 0 Å². The fraction of sp³-hybridized carbons (Fsp3) is 0. The molecule has 0 fully saturated rings. The molecular formula is C68H38F2N6. The summed E-state index contributed by atoms with van der Waals surface area (Å²) in [6, 6.07) is 43.0. The molecule has 0 heterocycles.